The number of ether oxygens (including phenoxy) is 1. The lowest BCUT2D eigenvalue weighted by Gasteiger charge is -2.11. The number of aromatic nitrogens is 3. The van der Waals surface area contributed by atoms with Crippen molar-refractivity contribution in [1.82, 2.24) is 14.8 Å². The summed E-state index contributed by atoms with van der Waals surface area (Å²) in [6, 6.07) is 12.4. The highest BCUT2D eigenvalue weighted by Crippen LogP contribution is 2.31. The van der Waals surface area contributed by atoms with E-state index in [9.17, 15) is 17.4 Å². The Morgan fingerprint density at radius 2 is 1.83 bits per heavy atom. The molecule has 0 spiro atoms. The van der Waals surface area contributed by atoms with Crippen LogP contribution in [0.4, 0.5) is 13.2 Å². The standard InChI is InChI=1S/C20H20F3N3O2S/c1-3-26-18(12-28-17-6-4-5-16(11-17)20(21,22)23)24-25-19(26)29(27)13-15-9-7-14(2)8-10-15/h4-11H,3,12-13H2,1-2H3/t29-/m0/s1. The Hall–Kier alpha value is -2.68. The number of rotatable bonds is 7. The van der Waals surface area contributed by atoms with Gasteiger partial charge in [0.1, 0.15) is 12.4 Å². The summed E-state index contributed by atoms with van der Waals surface area (Å²) < 4.78 is 58.4. The predicted octanol–water partition coefficient (Wildman–Crippen LogP) is 4.51. The molecule has 0 unspecified atom stereocenters. The first-order valence-electron chi connectivity index (χ1n) is 8.94. The zero-order valence-corrected chi connectivity index (χ0v) is 16.8. The lowest BCUT2D eigenvalue weighted by molar-refractivity contribution is -0.137. The topological polar surface area (TPSA) is 57.0 Å². The van der Waals surface area contributed by atoms with Crippen LogP contribution in [0.1, 0.15) is 29.4 Å². The van der Waals surface area contributed by atoms with Gasteiger partial charge in [-0.2, -0.15) is 13.2 Å². The summed E-state index contributed by atoms with van der Waals surface area (Å²) in [4.78, 5) is 0. The Bertz CT molecular complexity index is 1000. The van der Waals surface area contributed by atoms with Crippen LogP contribution in [-0.2, 0) is 35.9 Å². The average molecular weight is 423 g/mol. The van der Waals surface area contributed by atoms with E-state index >= 15 is 0 Å². The van der Waals surface area contributed by atoms with E-state index in [1.54, 1.807) is 4.57 Å². The molecule has 0 aliphatic heterocycles. The molecule has 1 heterocycles. The van der Waals surface area contributed by atoms with Gasteiger partial charge in [0.2, 0.25) is 5.16 Å². The van der Waals surface area contributed by atoms with Crippen LogP contribution < -0.4 is 4.74 Å². The number of hydrogen-bond acceptors (Lipinski definition) is 4. The minimum Gasteiger partial charge on any atom is -0.486 e. The van der Waals surface area contributed by atoms with Crippen molar-refractivity contribution in [3.05, 3.63) is 71.0 Å². The van der Waals surface area contributed by atoms with Gasteiger partial charge in [-0.1, -0.05) is 35.9 Å². The van der Waals surface area contributed by atoms with Gasteiger partial charge in [-0.3, -0.25) is 4.21 Å². The molecule has 0 N–H and O–H groups in total. The zero-order chi connectivity index (χ0) is 21.0. The van der Waals surface area contributed by atoms with Crippen molar-refractivity contribution >= 4 is 10.8 Å². The first kappa shape index (κ1) is 21.0. The fraction of sp³-hybridized carbons (Fsp3) is 0.300. The average Bonchev–Trinajstić information content (AvgIpc) is 3.11. The quantitative estimate of drug-likeness (QED) is 0.561. The third-order valence-electron chi connectivity index (χ3n) is 4.26. The summed E-state index contributed by atoms with van der Waals surface area (Å²) in [6.45, 7) is 4.21. The summed E-state index contributed by atoms with van der Waals surface area (Å²) in [5, 5.41) is 8.36. The number of benzene rings is 2. The molecule has 3 aromatic rings. The minimum absolute atomic E-state index is 0.0767. The van der Waals surface area contributed by atoms with Gasteiger partial charge in [0.15, 0.2) is 5.82 Å². The van der Waals surface area contributed by atoms with Gasteiger partial charge in [0, 0.05) is 6.54 Å². The van der Waals surface area contributed by atoms with E-state index in [1.165, 1.54) is 12.1 Å². The van der Waals surface area contributed by atoms with Crippen molar-refractivity contribution in [1.29, 1.82) is 0 Å². The first-order valence-corrected chi connectivity index (χ1v) is 10.3. The van der Waals surface area contributed by atoms with E-state index in [1.807, 2.05) is 38.1 Å². The Morgan fingerprint density at radius 3 is 2.48 bits per heavy atom. The SMILES string of the molecule is CCn1c(COc2cccc(C(F)(F)F)c2)nnc1[S@@](=O)Cc1ccc(C)cc1. The lowest BCUT2D eigenvalue weighted by Crippen LogP contribution is -2.11. The van der Waals surface area contributed by atoms with Crippen LogP contribution in [0.15, 0.2) is 53.7 Å². The molecule has 0 amide bonds. The fourth-order valence-corrected chi connectivity index (χ4v) is 3.96. The molecule has 3 rings (SSSR count). The number of halogens is 3. The summed E-state index contributed by atoms with van der Waals surface area (Å²) in [6.07, 6.45) is -4.44. The Labute approximate surface area is 169 Å². The monoisotopic (exact) mass is 423 g/mol. The second-order valence-corrected chi connectivity index (χ2v) is 7.78. The molecule has 5 nitrogen and oxygen atoms in total. The largest absolute Gasteiger partial charge is 0.486 e. The summed E-state index contributed by atoms with van der Waals surface area (Å²) in [7, 11) is -1.41. The maximum atomic E-state index is 12.8. The van der Waals surface area contributed by atoms with Crippen LogP contribution in [0.2, 0.25) is 0 Å². The van der Waals surface area contributed by atoms with Gasteiger partial charge in [0.05, 0.1) is 22.1 Å². The fourth-order valence-electron chi connectivity index (χ4n) is 2.72. The predicted molar refractivity (Wildman–Crippen MR) is 103 cm³/mol. The number of alkyl halides is 3. The summed E-state index contributed by atoms with van der Waals surface area (Å²) >= 11 is 0. The van der Waals surface area contributed by atoms with Gasteiger partial charge in [-0.15, -0.1) is 10.2 Å². The maximum Gasteiger partial charge on any atom is 0.416 e. The van der Waals surface area contributed by atoms with E-state index in [0.29, 0.717) is 23.3 Å². The van der Waals surface area contributed by atoms with Crippen LogP contribution in [0.5, 0.6) is 5.75 Å². The van der Waals surface area contributed by atoms with Crippen molar-refractivity contribution in [2.24, 2.45) is 0 Å². The summed E-state index contributed by atoms with van der Waals surface area (Å²) in [5.74, 6) is 0.775. The molecule has 0 aliphatic carbocycles. The second-order valence-electron chi connectivity index (χ2n) is 6.43. The molecule has 154 valence electrons. The molecule has 1 atom stereocenters. The van der Waals surface area contributed by atoms with Crippen molar-refractivity contribution in [2.45, 2.75) is 44.1 Å². The molecule has 29 heavy (non-hydrogen) atoms. The van der Waals surface area contributed by atoms with Gasteiger partial charge in [-0.25, -0.2) is 0 Å². The summed E-state index contributed by atoms with van der Waals surface area (Å²) in [5.41, 5.74) is 1.25. The third kappa shape index (κ3) is 5.23. The van der Waals surface area contributed by atoms with E-state index in [4.69, 9.17) is 4.74 Å². The van der Waals surface area contributed by atoms with Crippen molar-refractivity contribution < 1.29 is 22.1 Å². The first-order chi connectivity index (χ1) is 13.8. The van der Waals surface area contributed by atoms with Gasteiger partial charge >= 0.3 is 6.18 Å². The molecule has 0 saturated carbocycles. The van der Waals surface area contributed by atoms with Crippen LogP contribution in [0.25, 0.3) is 0 Å². The van der Waals surface area contributed by atoms with E-state index in [-0.39, 0.29) is 12.4 Å². The number of nitrogens with zero attached hydrogens (tertiary/aromatic N) is 3. The molecule has 0 bridgehead atoms. The van der Waals surface area contributed by atoms with E-state index < -0.39 is 22.5 Å². The third-order valence-corrected chi connectivity index (χ3v) is 5.57. The van der Waals surface area contributed by atoms with Crippen LogP contribution in [-0.4, -0.2) is 19.0 Å². The lowest BCUT2D eigenvalue weighted by atomic mass is 10.2. The zero-order valence-electron chi connectivity index (χ0n) is 15.9. The Morgan fingerprint density at radius 1 is 1.10 bits per heavy atom. The highest BCUT2D eigenvalue weighted by Gasteiger charge is 2.30. The number of hydrogen-bond donors (Lipinski definition) is 0. The second kappa shape index (κ2) is 8.77. The molecular formula is C20H20F3N3O2S. The van der Waals surface area contributed by atoms with E-state index in [2.05, 4.69) is 10.2 Å². The highest BCUT2D eigenvalue weighted by molar-refractivity contribution is 7.84. The van der Waals surface area contributed by atoms with Gasteiger partial charge in [-0.05, 0) is 37.6 Å². The Balaban J connectivity index is 1.72. The molecule has 0 saturated heterocycles. The molecule has 1 aromatic heterocycles. The molecule has 9 heteroatoms. The van der Waals surface area contributed by atoms with Crippen molar-refractivity contribution in [3.63, 3.8) is 0 Å². The maximum absolute atomic E-state index is 12.8. The minimum atomic E-state index is -4.44. The van der Waals surface area contributed by atoms with Gasteiger partial charge < -0.3 is 9.30 Å². The van der Waals surface area contributed by atoms with Gasteiger partial charge in [0.25, 0.3) is 0 Å². The smallest absolute Gasteiger partial charge is 0.416 e. The normalized spacial score (nSPS) is 12.7. The van der Waals surface area contributed by atoms with E-state index in [0.717, 1.165) is 23.3 Å². The molecule has 0 aliphatic rings. The highest BCUT2D eigenvalue weighted by atomic mass is 32.2. The molecule has 2 aromatic carbocycles. The molecule has 0 fully saturated rings. The van der Waals surface area contributed by atoms with Crippen LogP contribution >= 0.6 is 0 Å². The van der Waals surface area contributed by atoms with Crippen molar-refractivity contribution in [2.75, 3.05) is 0 Å². The molecule has 0 radical (unpaired) electrons. The number of aryl methyl sites for hydroxylation is 1. The molecular weight excluding hydrogens is 403 g/mol. The van der Waals surface area contributed by atoms with Crippen LogP contribution in [0, 0.1) is 6.92 Å². The van der Waals surface area contributed by atoms with Crippen LogP contribution in [0.3, 0.4) is 0 Å². The van der Waals surface area contributed by atoms with Crippen molar-refractivity contribution in [3.8, 4) is 5.75 Å². The Kier molecular flexibility index (Phi) is 6.36.